The third kappa shape index (κ3) is 26.1. The average Bonchev–Trinajstić information content (AvgIpc) is 3.27. The molecule has 0 saturated heterocycles. The molecule has 0 rings (SSSR count). The number of guanidine groups is 2. The van der Waals surface area contributed by atoms with E-state index < -0.39 is 120 Å². The van der Waals surface area contributed by atoms with Crippen LogP contribution < -0.4 is 82.7 Å². The van der Waals surface area contributed by atoms with Crippen LogP contribution in [0.1, 0.15) is 91.9 Å². The Balaban J connectivity index is 6.07. The fourth-order valence-corrected chi connectivity index (χ4v) is 6.09. The molecule has 0 heterocycles. The maximum Gasteiger partial charge on any atom is 0.328 e. The molecule has 0 aliphatic heterocycles. The maximum absolute atomic E-state index is 13.7. The van der Waals surface area contributed by atoms with Crippen molar-refractivity contribution in [1.82, 2.24) is 42.5 Å². The van der Waals surface area contributed by atoms with Gasteiger partial charge in [0.05, 0.1) is 18.8 Å². The molecule has 0 fully saturated rings. The number of carboxylic acid groups (broad SMARTS) is 1. The first-order valence-electron chi connectivity index (χ1n) is 22.6. The maximum atomic E-state index is 13.7. The molecule has 0 aromatic heterocycles. The lowest BCUT2D eigenvalue weighted by atomic mass is 10.0. The molecule has 69 heavy (non-hydrogen) atoms. The van der Waals surface area contributed by atoms with Gasteiger partial charge in [-0.2, -0.15) is 0 Å². The lowest BCUT2D eigenvalue weighted by Crippen LogP contribution is -2.60. The quantitative estimate of drug-likeness (QED) is 0.0159. The summed E-state index contributed by atoms with van der Waals surface area (Å²) in [5.41, 5.74) is 38.9. The van der Waals surface area contributed by atoms with Gasteiger partial charge in [0.15, 0.2) is 11.9 Å². The molecule has 0 spiro atoms. The summed E-state index contributed by atoms with van der Waals surface area (Å²) >= 11 is 0. The van der Waals surface area contributed by atoms with Crippen LogP contribution in [0.3, 0.4) is 0 Å². The SMILES string of the molecule is C[C@H](NC(=O)[C@H](C)NC(=O)[C@H](CCCN=C(N)N)NC(=O)[C@H](CCCCN)NC(=O)[C@@H](N)CCCCN)C(=O)N[C@@H](CCCN=C(N)N)C(=O)N[C@@H](C)C(=O)N[C@H](C(=O)N[C@@H](CO)C(=O)O)[C@@H](C)O. The minimum atomic E-state index is -1.74. The topological polar surface area (TPSA) is 517 Å². The molecule has 0 unspecified atom stereocenters. The molecule has 0 radical (unpaired) electrons. The van der Waals surface area contributed by atoms with Crippen molar-refractivity contribution in [2.45, 2.75) is 152 Å². The molecule has 25 N–H and O–H groups in total. The minimum Gasteiger partial charge on any atom is -0.480 e. The number of carbonyl (C=O) groups is 9. The van der Waals surface area contributed by atoms with Crippen LogP contribution in [0.25, 0.3) is 0 Å². The van der Waals surface area contributed by atoms with Gasteiger partial charge in [0, 0.05) is 13.1 Å². The van der Waals surface area contributed by atoms with Crippen LogP contribution in [0.2, 0.25) is 0 Å². The summed E-state index contributed by atoms with van der Waals surface area (Å²) in [4.78, 5) is 125. The molecule has 0 aliphatic carbocycles. The normalized spacial score (nSPS) is 15.3. The molecule has 0 saturated carbocycles. The first kappa shape index (κ1) is 62.6. The minimum absolute atomic E-state index is 0.00913. The van der Waals surface area contributed by atoms with E-state index in [0.29, 0.717) is 45.2 Å². The van der Waals surface area contributed by atoms with Gasteiger partial charge in [0.25, 0.3) is 0 Å². The Labute approximate surface area is 400 Å². The largest absolute Gasteiger partial charge is 0.480 e. The van der Waals surface area contributed by atoms with E-state index in [0.717, 1.165) is 6.92 Å². The van der Waals surface area contributed by atoms with Crippen molar-refractivity contribution < 1.29 is 58.5 Å². The van der Waals surface area contributed by atoms with Crippen LogP contribution >= 0.6 is 0 Å². The van der Waals surface area contributed by atoms with Gasteiger partial charge in [-0.15, -0.1) is 0 Å². The summed E-state index contributed by atoms with van der Waals surface area (Å²) in [7, 11) is 0. The van der Waals surface area contributed by atoms with Crippen molar-refractivity contribution in [3.63, 3.8) is 0 Å². The van der Waals surface area contributed by atoms with Crippen LogP contribution in [0.4, 0.5) is 0 Å². The number of aliphatic carboxylic acids is 1. The van der Waals surface area contributed by atoms with Crippen molar-refractivity contribution >= 4 is 65.1 Å². The smallest absolute Gasteiger partial charge is 0.328 e. The van der Waals surface area contributed by atoms with E-state index in [-0.39, 0.29) is 57.1 Å². The number of aliphatic hydroxyl groups excluding tert-OH is 2. The summed E-state index contributed by atoms with van der Waals surface area (Å²) in [5, 5.41) is 47.8. The van der Waals surface area contributed by atoms with Crippen molar-refractivity contribution in [1.29, 1.82) is 0 Å². The number of carboxylic acids is 1. The standard InChI is InChI=1S/C40H77N17O12/c1-20(51-35(65)27(14-10-18-49-40(46)47)55-36(66)25(12-6-8-16-42)54-33(63)24(43)11-5-7-15-41)30(60)50-21(2)31(61)53-26(13-9-17-48-39(44)45)34(64)52-22(3)32(62)57-29(23(4)59)37(67)56-28(19-58)38(68)69/h20-29,58-59H,5-19,41-43H2,1-4H3,(H,50,60)(H,51,65)(H,52,64)(H,53,61)(H,54,63)(H,55,66)(H,56,67)(H,57,62)(H,68,69)(H4,44,45,48)(H4,46,47,49)/t20-,21-,22-,23+,24-,25-,26-,27-,28-,29-/m0/s1. The van der Waals surface area contributed by atoms with Gasteiger partial charge in [-0.3, -0.25) is 48.3 Å². The lowest BCUT2D eigenvalue weighted by Gasteiger charge is -2.26. The van der Waals surface area contributed by atoms with Crippen LogP contribution in [0.15, 0.2) is 9.98 Å². The highest BCUT2D eigenvalue weighted by atomic mass is 16.4. The molecule has 0 aliphatic rings. The highest BCUT2D eigenvalue weighted by Gasteiger charge is 2.34. The molecular formula is C40H77N17O12. The molecular weight excluding hydrogens is 911 g/mol. The second kappa shape index (κ2) is 33.9. The van der Waals surface area contributed by atoms with Crippen LogP contribution in [0, 0.1) is 0 Å². The fraction of sp³-hybridized carbons (Fsp3) is 0.725. The summed E-state index contributed by atoms with van der Waals surface area (Å²) in [5.74, 6) is -8.87. The molecule has 8 amide bonds. The number of carbonyl (C=O) groups excluding carboxylic acids is 8. The zero-order chi connectivity index (χ0) is 52.8. The zero-order valence-electron chi connectivity index (χ0n) is 39.8. The monoisotopic (exact) mass is 988 g/mol. The van der Waals surface area contributed by atoms with Gasteiger partial charge in [0.2, 0.25) is 47.3 Å². The van der Waals surface area contributed by atoms with Gasteiger partial charge in [-0.1, -0.05) is 6.42 Å². The Morgan fingerprint density at radius 3 is 1.22 bits per heavy atom. The highest BCUT2D eigenvalue weighted by molar-refractivity contribution is 5.98. The number of rotatable bonds is 35. The molecule has 10 atom stereocenters. The van der Waals surface area contributed by atoms with Crippen LogP contribution in [-0.2, 0) is 43.2 Å². The van der Waals surface area contributed by atoms with Crippen molar-refractivity contribution in [3.05, 3.63) is 0 Å². The first-order chi connectivity index (χ1) is 32.4. The molecule has 29 heteroatoms. The van der Waals surface area contributed by atoms with E-state index in [9.17, 15) is 53.4 Å². The van der Waals surface area contributed by atoms with Gasteiger partial charge in [-0.25, -0.2) is 4.79 Å². The molecule has 0 bridgehead atoms. The summed E-state index contributed by atoms with van der Waals surface area (Å²) in [6.07, 6.45) is 1.43. The molecule has 0 aromatic rings. The number of nitrogens with zero attached hydrogens (tertiary/aromatic N) is 2. The lowest BCUT2D eigenvalue weighted by molar-refractivity contribution is -0.144. The van der Waals surface area contributed by atoms with E-state index in [1.807, 2.05) is 5.32 Å². The molecule has 0 aromatic carbocycles. The molecule has 394 valence electrons. The Bertz CT molecular complexity index is 1750. The third-order valence-electron chi connectivity index (χ3n) is 10.2. The van der Waals surface area contributed by atoms with E-state index in [1.165, 1.54) is 20.8 Å². The number of aliphatic hydroxyl groups is 2. The second-order valence-corrected chi connectivity index (χ2v) is 16.3. The van der Waals surface area contributed by atoms with Crippen molar-refractivity contribution in [2.24, 2.45) is 50.1 Å². The predicted molar refractivity (Wildman–Crippen MR) is 252 cm³/mol. The molecule has 29 nitrogen and oxygen atoms in total. The summed E-state index contributed by atoms with van der Waals surface area (Å²) < 4.78 is 0. The predicted octanol–water partition coefficient (Wildman–Crippen LogP) is -7.93. The number of hydrogen-bond donors (Lipinski definition) is 18. The first-order valence-corrected chi connectivity index (χ1v) is 22.6. The average molecular weight is 988 g/mol. The highest BCUT2D eigenvalue weighted by Crippen LogP contribution is 2.08. The van der Waals surface area contributed by atoms with Crippen LogP contribution in [0.5, 0.6) is 0 Å². The number of aliphatic imine (C=N–C) groups is 2. The third-order valence-corrected chi connectivity index (χ3v) is 10.2. The van der Waals surface area contributed by atoms with E-state index in [1.54, 1.807) is 0 Å². The Kier molecular flexibility index (Phi) is 30.8. The number of nitrogens with two attached hydrogens (primary N) is 7. The van der Waals surface area contributed by atoms with Gasteiger partial charge in [0.1, 0.15) is 48.3 Å². The zero-order valence-corrected chi connectivity index (χ0v) is 39.8. The van der Waals surface area contributed by atoms with Crippen molar-refractivity contribution in [2.75, 3.05) is 32.8 Å². The van der Waals surface area contributed by atoms with Gasteiger partial charge >= 0.3 is 5.97 Å². The Hall–Kier alpha value is -6.43. The summed E-state index contributed by atoms with van der Waals surface area (Å²) in [6.45, 7) is 4.83. The number of amides is 8. The summed E-state index contributed by atoms with van der Waals surface area (Å²) in [6, 6.07) is -12.1. The Morgan fingerprint density at radius 2 is 0.812 bits per heavy atom. The van der Waals surface area contributed by atoms with Crippen molar-refractivity contribution in [3.8, 4) is 0 Å². The number of hydrogen-bond acceptors (Lipinski definition) is 16. The van der Waals surface area contributed by atoms with E-state index in [4.69, 9.17) is 45.2 Å². The fourth-order valence-electron chi connectivity index (χ4n) is 6.09. The number of unbranched alkanes of at least 4 members (excludes halogenated alkanes) is 2. The van der Waals surface area contributed by atoms with E-state index >= 15 is 0 Å². The Morgan fingerprint density at radius 1 is 0.464 bits per heavy atom. The second-order valence-electron chi connectivity index (χ2n) is 16.3. The van der Waals surface area contributed by atoms with Gasteiger partial charge in [-0.05, 0) is 98.6 Å². The van der Waals surface area contributed by atoms with Gasteiger partial charge < -0.3 is 98.0 Å². The van der Waals surface area contributed by atoms with Crippen LogP contribution in [-0.4, -0.2) is 174 Å². The van der Waals surface area contributed by atoms with E-state index in [2.05, 4.69) is 47.2 Å². The number of nitrogens with one attached hydrogen (secondary N) is 8.